The number of hydrogen-bond acceptors (Lipinski definition) is 6. The van der Waals surface area contributed by atoms with E-state index in [0.717, 1.165) is 15.4 Å². The third kappa shape index (κ3) is 6.51. The summed E-state index contributed by atoms with van der Waals surface area (Å²) in [6.07, 6.45) is 0. The van der Waals surface area contributed by atoms with Crippen LogP contribution in [-0.4, -0.2) is 57.5 Å². The van der Waals surface area contributed by atoms with Crippen LogP contribution < -0.4 is 19.1 Å². The Labute approximate surface area is 229 Å². The molecule has 0 spiro atoms. The molecular formula is C29H33N3O6S. The topological polar surface area (TPSA) is 105 Å². The van der Waals surface area contributed by atoms with Gasteiger partial charge in [-0.3, -0.25) is 13.9 Å². The Balaban J connectivity index is 1.73. The zero-order valence-corrected chi connectivity index (χ0v) is 23.1. The first-order valence-electron chi connectivity index (χ1n) is 12.8. The average molecular weight is 552 g/mol. The average Bonchev–Trinajstić information content (AvgIpc) is 2.94. The van der Waals surface area contributed by atoms with Crippen molar-refractivity contribution in [2.75, 3.05) is 30.6 Å². The lowest BCUT2D eigenvalue weighted by atomic mass is 10.1. The van der Waals surface area contributed by atoms with Gasteiger partial charge in [0.1, 0.15) is 25.8 Å². The maximum absolute atomic E-state index is 13.9. The first-order valence-corrected chi connectivity index (χ1v) is 14.2. The summed E-state index contributed by atoms with van der Waals surface area (Å²) in [5, 5.41) is 2.76. The number of aryl methyl sites for hydroxylation is 1. The standard InChI is InChI=1S/C29H33N3O6S/c1-4-30-29(34)22(3)31(19-23-10-8-9-21(2)17-23)28(33)20-32(39(35,36)25-11-6-5-7-12-25)24-13-14-26-27(18-24)38-16-15-37-26/h5-14,17-18,22H,4,15-16,19-20H2,1-3H3,(H,30,34)/t22-/m1/s1. The van der Waals surface area contributed by atoms with Crippen LogP contribution >= 0.6 is 0 Å². The Morgan fingerprint density at radius 3 is 2.36 bits per heavy atom. The summed E-state index contributed by atoms with van der Waals surface area (Å²) in [4.78, 5) is 28.2. The highest BCUT2D eigenvalue weighted by Crippen LogP contribution is 2.36. The van der Waals surface area contributed by atoms with Gasteiger partial charge in [0, 0.05) is 19.2 Å². The van der Waals surface area contributed by atoms with Gasteiger partial charge in [-0.15, -0.1) is 0 Å². The molecule has 9 nitrogen and oxygen atoms in total. The minimum absolute atomic E-state index is 0.0368. The predicted octanol–water partition coefficient (Wildman–Crippen LogP) is 3.51. The number of carbonyl (C=O) groups excluding carboxylic acids is 2. The van der Waals surface area contributed by atoms with E-state index in [1.807, 2.05) is 31.2 Å². The minimum Gasteiger partial charge on any atom is -0.486 e. The molecule has 0 aromatic heterocycles. The molecule has 0 unspecified atom stereocenters. The molecule has 1 heterocycles. The fourth-order valence-corrected chi connectivity index (χ4v) is 5.77. The maximum Gasteiger partial charge on any atom is 0.264 e. The lowest BCUT2D eigenvalue weighted by Crippen LogP contribution is -2.51. The van der Waals surface area contributed by atoms with Gasteiger partial charge < -0.3 is 19.7 Å². The molecule has 1 atom stereocenters. The van der Waals surface area contributed by atoms with Crippen LogP contribution in [0.5, 0.6) is 11.5 Å². The van der Waals surface area contributed by atoms with E-state index in [0.29, 0.717) is 31.3 Å². The maximum atomic E-state index is 13.9. The summed E-state index contributed by atoms with van der Waals surface area (Å²) in [6, 6.07) is 19.5. The summed E-state index contributed by atoms with van der Waals surface area (Å²) < 4.78 is 40.1. The van der Waals surface area contributed by atoms with Crippen molar-refractivity contribution in [1.82, 2.24) is 10.2 Å². The Morgan fingerprint density at radius 2 is 1.67 bits per heavy atom. The number of nitrogens with zero attached hydrogens (tertiary/aromatic N) is 2. The fourth-order valence-electron chi connectivity index (χ4n) is 4.35. The minimum atomic E-state index is -4.16. The molecule has 0 fully saturated rings. The van der Waals surface area contributed by atoms with Crippen molar-refractivity contribution >= 4 is 27.5 Å². The van der Waals surface area contributed by atoms with Gasteiger partial charge in [-0.1, -0.05) is 48.0 Å². The number of anilines is 1. The van der Waals surface area contributed by atoms with Crippen LogP contribution in [0.2, 0.25) is 0 Å². The second-order valence-electron chi connectivity index (χ2n) is 9.23. The molecule has 0 bridgehead atoms. The van der Waals surface area contributed by atoms with Crippen LogP contribution in [0.3, 0.4) is 0 Å². The number of likely N-dealkylation sites (N-methyl/N-ethyl adjacent to an activating group) is 1. The van der Waals surface area contributed by atoms with Gasteiger partial charge in [-0.25, -0.2) is 8.42 Å². The molecule has 3 aromatic carbocycles. The van der Waals surface area contributed by atoms with Gasteiger partial charge in [0.05, 0.1) is 10.6 Å². The highest BCUT2D eigenvalue weighted by Gasteiger charge is 2.33. The summed E-state index contributed by atoms with van der Waals surface area (Å²) in [5.74, 6) is 0.0473. The van der Waals surface area contributed by atoms with Crippen molar-refractivity contribution in [3.05, 3.63) is 83.9 Å². The quantitative estimate of drug-likeness (QED) is 0.414. The van der Waals surface area contributed by atoms with E-state index in [2.05, 4.69) is 5.32 Å². The summed E-state index contributed by atoms with van der Waals surface area (Å²) in [6.45, 7) is 6.12. The summed E-state index contributed by atoms with van der Waals surface area (Å²) in [7, 11) is -4.16. The van der Waals surface area contributed by atoms with Gasteiger partial charge in [0.15, 0.2) is 11.5 Å². The Morgan fingerprint density at radius 1 is 0.949 bits per heavy atom. The second-order valence-corrected chi connectivity index (χ2v) is 11.1. The van der Waals surface area contributed by atoms with E-state index in [1.165, 1.54) is 17.0 Å². The number of amides is 2. The molecule has 0 radical (unpaired) electrons. The molecule has 2 amide bonds. The Kier molecular flexibility index (Phi) is 8.75. The molecule has 0 saturated heterocycles. The molecule has 0 aliphatic carbocycles. The van der Waals surface area contributed by atoms with E-state index in [9.17, 15) is 18.0 Å². The van der Waals surface area contributed by atoms with Crippen LogP contribution in [0.1, 0.15) is 25.0 Å². The summed E-state index contributed by atoms with van der Waals surface area (Å²) >= 11 is 0. The molecule has 3 aromatic rings. The fraction of sp³-hybridized carbons (Fsp3) is 0.310. The first-order chi connectivity index (χ1) is 18.7. The smallest absolute Gasteiger partial charge is 0.264 e. The normalized spacial score (nSPS) is 13.3. The number of benzene rings is 3. The van der Waals surface area contributed by atoms with E-state index in [1.54, 1.807) is 50.2 Å². The van der Waals surface area contributed by atoms with Crippen LogP contribution in [0.15, 0.2) is 77.7 Å². The van der Waals surface area contributed by atoms with Crippen molar-refractivity contribution in [3.63, 3.8) is 0 Å². The van der Waals surface area contributed by atoms with E-state index in [4.69, 9.17) is 9.47 Å². The van der Waals surface area contributed by atoms with Gasteiger partial charge in [-0.05, 0) is 50.6 Å². The Bertz CT molecular complexity index is 1430. The molecule has 1 aliphatic heterocycles. The monoisotopic (exact) mass is 551 g/mol. The van der Waals surface area contributed by atoms with E-state index in [-0.39, 0.29) is 23.0 Å². The second kappa shape index (κ2) is 12.2. The molecule has 4 rings (SSSR count). The van der Waals surface area contributed by atoms with E-state index < -0.39 is 28.5 Å². The van der Waals surface area contributed by atoms with E-state index >= 15 is 0 Å². The predicted molar refractivity (Wildman–Crippen MR) is 148 cm³/mol. The highest BCUT2D eigenvalue weighted by atomic mass is 32.2. The van der Waals surface area contributed by atoms with Gasteiger partial charge >= 0.3 is 0 Å². The first kappa shape index (κ1) is 28.0. The number of hydrogen-bond donors (Lipinski definition) is 1. The van der Waals surface area contributed by atoms with Gasteiger partial charge in [-0.2, -0.15) is 0 Å². The molecular weight excluding hydrogens is 518 g/mol. The third-order valence-corrected chi connectivity index (χ3v) is 8.17. The zero-order chi connectivity index (χ0) is 28.0. The van der Waals surface area contributed by atoms with Crippen molar-refractivity contribution in [2.24, 2.45) is 0 Å². The van der Waals surface area contributed by atoms with Crippen molar-refractivity contribution in [3.8, 4) is 11.5 Å². The number of fused-ring (bicyclic) bond motifs is 1. The van der Waals surface area contributed by atoms with Crippen molar-refractivity contribution < 1.29 is 27.5 Å². The molecule has 39 heavy (non-hydrogen) atoms. The number of nitrogens with one attached hydrogen (secondary N) is 1. The molecule has 206 valence electrons. The SMILES string of the molecule is CCNC(=O)[C@@H](C)N(Cc1cccc(C)c1)C(=O)CN(c1ccc2c(c1)OCCO2)S(=O)(=O)c1ccccc1. The molecule has 0 saturated carbocycles. The number of rotatable bonds is 10. The van der Waals surface area contributed by atoms with Gasteiger partial charge in [0.2, 0.25) is 11.8 Å². The zero-order valence-electron chi connectivity index (χ0n) is 22.3. The molecule has 1 N–H and O–H groups in total. The summed E-state index contributed by atoms with van der Waals surface area (Å²) in [5.41, 5.74) is 2.09. The lowest BCUT2D eigenvalue weighted by Gasteiger charge is -2.32. The molecule has 10 heteroatoms. The Hall–Kier alpha value is -4.05. The largest absolute Gasteiger partial charge is 0.486 e. The van der Waals surface area contributed by atoms with Crippen molar-refractivity contribution in [2.45, 2.75) is 38.3 Å². The lowest BCUT2D eigenvalue weighted by molar-refractivity contribution is -0.139. The van der Waals surface area contributed by atoms with Crippen LogP contribution in [0, 0.1) is 6.92 Å². The highest BCUT2D eigenvalue weighted by molar-refractivity contribution is 7.92. The van der Waals surface area contributed by atoms with Crippen LogP contribution in [0.25, 0.3) is 0 Å². The number of carbonyl (C=O) groups is 2. The van der Waals surface area contributed by atoms with Crippen LogP contribution in [-0.2, 0) is 26.2 Å². The van der Waals surface area contributed by atoms with Gasteiger partial charge in [0.25, 0.3) is 10.0 Å². The van der Waals surface area contributed by atoms with Crippen LogP contribution in [0.4, 0.5) is 5.69 Å². The number of ether oxygens (including phenoxy) is 2. The van der Waals surface area contributed by atoms with Crippen molar-refractivity contribution in [1.29, 1.82) is 0 Å². The molecule has 1 aliphatic rings. The number of sulfonamides is 1. The third-order valence-electron chi connectivity index (χ3n) is 6.38.